The van der Waals surface area contributed by atoms with Crippen molar-refractivity contribution >= 4 is 23.5 Å². The lowest BCUT2D eigenvalue weighted by Gasteiger charge is -2.17. The lowest BCUT2D eigenvalue weighted by molar-refractivity contribution is -0.0355. The van der Waals surface area contributed by atoms with Crippen LogP contribution in [0.15, 0.2) is 40.2 Å². The van der Waals surface area contributed by atoms with Gasteiger partial charge in [-0.2, -0.15) is 4.98 Å². The van der Waals surface area contributed by atoms with E-state index in [0.717, 1.165) is 10.8 Å². The number of anilines is 1. The van der Waals surface area contributed by atoms with Crippen molar-refractivity contribution in [1.29, 1.82) is 0 Å². The van der Waals surface area contributed by atoms with Crippen LogP contribution in [0, 0.1) is 5.82 Å². The summed E-state index contributed by atoms with van der Waals surface area (Å²) >= 11 is 1.35. The van der Waals surface area contributed by atoms with Gasteiger partial charge in [-0.1, -0.05) is 12.1 Å². The lowest BCUT2D eigenvalue weighted by Crippen LogP contribution is -2.36. The van der Waals surface area contributed by atoms with Gasteiger partial charge in [-0.15, -0.1) is 11.8 Å². The Hall–Kier alpha value is -2.27. The van der Waals surface area contributed by atoms with Crippen molar-refractivity contribution in [3.05, 3.63) is 52.3 Å². The number of hydrogen-bond acceptors (Lipinski definition) is 7. The van der Waals surface area contributed by atoms with Crippen molar-refractivity contribution in [1.82, 2.24) is 9.55 Å². The molecule has 2 heterocycles. The molecule has 8 nitrogen and oxygen atoms in total. The average molecular weight is 395 g/mol. The highest BCUT2D eigenvalue weighted by atomic mass is 32.2. The summed E-state index contributed by atoms with van der Waals surface area (Å²) in [5.74, 6) is -2.11. The summed E-state index contributed by atoms with van der Waals surface area (Å²) in [7, 11) is 0. The average Bonchev–Trinajstić information content (AvgIpc) is 2.91. The summed E-state index contributed by atoms with van der Waals surface area (Å²) in [5.41, 5.74) is -0.614. The fraction of sp³-hybridized carbons (Fsp3) is 0.353. The molecule has 0 unspecified atom stereocenters. The van der Waals surface area contributed by atoms with Gasteiger partial charge in [0.05, 0.1) is 17.9 Å². The molecule has 144 valence electrons. The number of halogens is 1. The van der Waals surface area contributed by atoms with Crippen LogP contribution in [0.4, 0.5) is 10.2 Å². The van der Waals surface area contributed by atoms with Crippen LogP contribution in [0.1, 0.15) is 23.5 Å². The van der Waals surface area contributed by atoms with Crippen molar-refractivity contribution in [2.45, 2.75) is 36.4 Å². The normalized spacial score (nSPS) is 24.8. The number of benzene rings is 1. The van der Waals surface area contributed by atoms with E-state index in [1.54, 1.807) is 30.5 Å². The number of hydrogen-bond donors (Lipinski definition) is 3. The minimum absolute atomic E-state index is 0.321. The van der Waals surface area contributed by atoms with E-state index >= 15 is 0 Å². The number of aliphatic hydroxyl groups is 2. The van der Waals surface area contributed by atoms with Crippen LogP contribution >= 0.6 is 11.8 Å². The molecule has 1 amide bonds. The number of aliphatic hydroxyl groups excluding tert-OH is 2. The van der Waals surface area contributed by atoms with Gasteiger partial charge in [-0.3, -0.25) is 9.36 Å². The molecule has 4 atom stereocenters. The number of aromatic nitrogens is 2. The number of nitrogens with zero attached hydrogens (tertiary/aromatic N) is 2. The Bertz CT molecular complexity index is 922. The first-order chi connectivity index (χ1) is 12.8. The van der Waals surface area contributed by atoms with Crippen LogP contribution in [0.5, 0.6) is 0 Å². The summed E-state index contributed by atoms with van der Waals surface area (Å²) < 4.78 is 20.5. The van der Waals surface area contributed by atoms with Gasteiger partial charge in [0, 0.05) is 4.90 Å². The van der Waals surface area contributed by atoms with Crippen LogP contribution in [0.25, 0.3) is 0 Å². The Morgan fingerprint density at radius 1 is 1.33 bits per heavy atom. The van der Waals surface area contributed by atoms with Crippen LogP contribution < -0.4 is 11.0 Å². The van der Waals surface area contributed by atoms with Crippen molar-refractivity contribution in [2.75, 3.05) is 11.6 Å². The number of carbonyl (C=O) groups is 1. The zero-order valence-electron chi connectivity index (χ0n) is 14.5. The molecule has 1 saturated heterocycles. The standard InChI is InChI=1S/C17H18FN3O5S/c1-8-12(22)13(23)16(26-8)21-7-10(18)14(20-17(21)25)19-15(24)9-5-3-4-6-11(9)27-2/h3-8,12-13,16,22-23H,1-2H3,(H,19,20,24,25)/t8-,12-,13-,16-/m1/s1. The molecule has 1 fully saturated rings. The second-order valence-corrected chi connectivity index (χ2v) is 6.84. The largest absolute Gasteiger partial charge is 0.388 e. The molecular weight excluding hydrogens is 377 g/mol. The van der Waals surface area contributed by atoms with Crippen molar-refractivity contribution in [3.8, 4) is 0 Å². The van der Waals surface area contributed by atoms with Crippen LogP contribution in [-0.4, -0.2) is 50.2 Å². The summed E-state index contributed by atoms with van der Waals surface area (Å²) in [6.45, 7) is 1.51. The molecule has 27 heavy (non-hydrogen) atoms. The zero-order chi connectivity index (χ0) is 19.7. The van der Waals surface area contributed by atoms with Gasteiger partial charge >= 0.3 is 5.69 Å². The third-order valence-electron chi connectivity index (χ3n) is 4.24. The maximum Gasteiger partial charge on any atom is 0.351 e. The molecule has 3 N–H and O–H groups in total. The van der Waals surface area contributed by atoms with E-state index in [-0.39, 0.29) is 0 Å². The van der Waals surface area contributed by atoms with E-state index in [9.17, 15) is 24.2 Å². The maximum atomic E-state index is 14.4. The first kappa shape index (κ1) is 19.5. The second-order valence-electron chi connectivity index (χ2n) is 5.99. The summed E-state index contributed by atoms with van der Waals surface area (Å²) in [4.78, 5) is 28.9. The molecule has 3 rings (SSSR count). The molecule has 1 aliphatic heterocycles. The first-order valence-corrected chi connectivity index (χ1v) is 9.30. The Kier molecular flexibility index (Phi) is 5.61. The zero-order valence-corrected chi connectivity index (χ0v) is 15.3. The summed E-state index contributed by atoms with van der Waals surface area (Å²) in [6.07, 6.45) is -2.05. The minimum atomic E-state index is -1.41. The molecule has 0 bridgehead atoms. The molecule has 0 saturated carbocycles. The van der Waals surface area contributed by atoms with E-state index < -0.39 is 47.8 Å². The van der Waals surface area contributed by atoms with Gasteiger partial charge in [0.25, 0.3) is 5.91 Å². The van der Waals surface area contributed by atoms with Crippen LogP contribution in [-0.2, 0) is 4.74 Å². The van der Waals surface area contributed by atoms with E-state index in [1.807, 2.05) is 0 Å². The fourth-order valence-electron chi connectivity index (χ4n) is 2.78. The van der Waals surface area contributed by atoms with Gasteiger partial charge < -0.3 is 20.3 Å². The SMILES string of the molecule is CSc1ccccc1C(=O)Nc1nc(=O)n([C@@H]2O[C@H](C)[C@@H](O)[C@H]2O)cc1F. The Morgan fingerprint density at radius 3 is 2.67 bits per heavy atom. The maximum absolute atomic E-state index is 14.4. The van der Waals surface area contributed by atoms with Crippen molar-refractivity contribution in [3.63, 3.8) is 0 Å². The summed E-state index contributed by atoms with van der Waals surface area (Å²) in [5, 5.41) is 22.0. The summed E-state index contributed by atoms with van der Waals surface area (Å²) in [6, 6.07) is 6.76. The minimum Gasteiger partial charge on any atom is -0.388 e. The Labute approximate surface area is 158 Å². The number of thioether (sulfide) groups is 1. The number of carbonyl (C=O) groups excluding carboxylic acids is 1. The molecule has 0 spiro atoms. The van der Waals surface area contributed by atoms with Crippen molar-refractivity contribution < 1.29 is 24.1 Å². The van der Waals surface area contributed by atoms with Crippen LogP contribution in [0.3, 0.4) is 0 Å². The smallest absolute Gasteiger partial charge is 0.351 e. The number of nitrogens with one attached hydrogen (secondary N) is 1. The van der Waals surface area contributed by atoms with Crippen LogP contribution in [0.2, 0.25) is 0 Å². The lowest BCUT2D eigenvalue weighted by atomic mass is 10.1. The number of rotatable bonds is 4. The van der Waals surface area contributed by atoms with E-state index in [4.69, 9.17) is 4.74 Å². The fourth-order valence-corrected chi connectivity index (χ4v) is 3.38. The van der Waals surface area contributed by atoms with Crippen molar-refractivity contribution in [2.24, 2.45) is 0 Å². The van der Waals surface area contributed by atoms with Gasteiger partial charge in [-0.05, 0) is 25.3 Å². The number of amides is 1. The third kappa shape index (κ3) is 3.74. The molecule has 1 aliphatic rings. The van der Waals surface area contributed by atoms with Gasteiger partial charge in [0.2, 0.25) is 0 Å². The monoisotopic (exact) mass is 395 g/mol. The Balaban J connectivity index is 1.88. The van der Waals surface area contributed by atoms with Gasteiger partial charge in [-0.25, -0.2) is 9.18 Å². The predicted octanol–water partition coefficient (Wildman–Crippen LogP) is 0.996. The van der Waals surface area contributed by atoms with Gasteiger partial charge in [0.15, 0.2) is 17.9 Å². The van der Waals surface area contributed by atoms with Gasteiger partial charge in [0.1, 0.15) is 12.2 Å². The highest BCUT2D eigenvalue weighted by molar-refractivity contribution is 7.98. The molecule has 10 heteroatoms. The highest BCUT2D eigenvalue weighted by Crippen LogP contribution is 2.28. The predicted molar refractivity (Wildman–Crippen MR) is 96.2 cm³/mol. The quantitative estimate of drug-likeness (QED) is 0.662. The molecule has 0 radical (unpaired) electrons. The third-order valence-corrected chi connectivity index (χ3v) is 5.04. The molecule has 1 aromatic heterocycles. The Morgan fingerprint density at radius 2 is 2.04 bits per heavy atom. The second kappa shape index (κ2) is 7.77. The molecular formula is C17H18FN3O5S. The molecule has 0 aliphatic carbocycles. The van der Waals surface area contributed by atoms with E-state index in [2.05, 4.69) is 10.3 Å². The first-order valence-electron chi connectivity index (χ1n) is 8.08. The topological polar surface area (TPSA) is 114 Å². The molecule has 1 aromatic carbocycles. The van der Waals surface area contributed by atoms with E-state index in [1.165, 1.54) is 18.7 Å². The van der Waals surface area contributed by atoms with E-state index in [0.29, 0.717) is 10.5 Å². The highest BCUT2D eigenvalue weighted by Gasteiger charge is 2.42. The molecule has 2 aromatic rings. The number of ether oxygens (including phenoxy) is 1.